The van der Waals surface area contributed by atoms with E-state index in [2.05, 4.69) is 5.32 Å². The summed E-state index contributed by atoms with van der Waals surface area (Å²) in [5, 5.41) is 2.84. The normalized spacial score (nSPS) is 17.7. The SMILES string of the molecule is Cc1ccc(C(=O)CCC(=O)NCC2CCCO2)cc1C. The lowest BCUT2D eigenvalue weighted by Crippen LogP contribution is -2.31. The molecule has 1 aliphatic heterocycles. The Morgan fingerprint density at radius 3 is 2.71 bits per heavy atom. The van der Waals surface area contributed by atoms with Gasteiger partial charge in [-0.05, 0) is 43.9 Å². The number of hydrogen-bond donors (Lipinski definition) is 1. The number of rotatable bonds is 6. The van der Waals surface area contributed by atoms with Gasteiger partial charge in [0.1, 0.15) is 0 Å². The molecule has 0 aromatic heterocycles. The van der Waals surface area contributed by atoms with Crippen molar-refractivity contribution in [1.29, 1.82) is 0 Å². The van der Waals surface area contributed by atoms with Crippen LogP contribution in [0.1, 0.15) is 47.2 Å². The molecule has 21 heavy (non-hydrogen) atoms. The van der Waals surface area contributed by atoms with Gasteiger partial charge in [0.2, 0.25) is 5.91 Å². The van der Waals surface area contributed by atoms with Crippen LogP contribution in [0.25, 0.3) is 0 Å². The van der Waals surface area contributed by atoms with Gasteiger partial charge in [0.25, 0.3) is 0 Å². The van der Waals surface area contributed by atoms with Gasteiger partial charge in [-0.25, -0.2) is 0 Å². The second kappa shape index (κ2) is 7.36. The molecule has 1 aromatic carbocycles. The molecule has 1 aliphatic rings. The molecule has 1 amide bonds. The van der Waals surface area contributed by atoms with Crippen molar-refractivity contribution in [1.82, 2.24) is 5.32 Å². The van der Waals surface area contributed by atoms with E-state index in [4.69, 9.17) is 4.74 Å². The van der Waals surface area contributed by atoms with Gasteiger partial charge in [-0.1, -0.05) is 12.1 Å². The molecule has 1 fully saturated rings. The second-order valence-corrected chi connectivity index (χ2v) is 5.66. The van der Waals surface area contributed by atoms with Crippen LogP contribution in [0, 0.1) is 13.8 Å². The van der Waals surface area contributed by atoms with Gasteiger partial charge in [-0.3, -0.25) is 9.59 Å². The highest BCUT2D eigenvalue weighted by Gasteiger charge is 2.16. The summed E-state index contributed by atoms with van der Waals surface area (Å²) in [5.74, 6) is -0.0620. The van der Waals surface area contributed by atoms with Crippen LogP contribution in [0.3, 0.4) is 0 Å². The van der Waals surface area contributed by atoms with Crippen LogP contribution >= 0.6 is 0 Å². The Kier molecular flexibility index (Phi) is 5.51. The lowest BCUT2D eigenvalue weighted by atomic mass is 10.0. The van der Waals surface area contributed by atoms with Gasteiger partial charge in [0, 0.05) is 31.6 Å². The zero-order valence-electron chi connectivity index (χ0n) is 12.8. The number of benzene rings is 1. The Morgan fingerprint density at radius 1 is 1.24 bits per heavy atom. The van der Waals surface area contributed by atoms with Crippen molar-refractivity contribution in [3.63, 3.8) is 0 Å². The van der Waals surface area contributed by atoms with Crippen LogP contribution in [0.15, 0.2) is 18.2 Å². The van der Waals surface area contributed by atoms with Gasteiger partial charge < -0.3 is 10.1 Å². The van der Waals surface area contributed by atoms with Crippen LogP contribution in [-0.4, -0.2) is 30.9 Å². The average Bonchev–Trinajstić information content (AvgIpc) is 2.98. The summed E-state index contributed by atoms with van der Waals surface area (Å²) >= 11 is 0. The average molecular weight is 289 g/mol. The molecule has 1 N–H and O–H groups in total. The molecule has 4 heteroatoms. The summed E-state index contributed by atoms with van der Waals surface area (Å²) in [6.45, 7) is 5.34. The molecule has 1 aromatic rings. The third kappa shape index (κ3) is 4.67. The van der Waals surface area contributed by atoms with Crippen molar-refractivity contribution in [2.75, 3.05) is 13.2 Å². The van der Waals surface area contributed by atoms with Gasteiger partial charge >= 0.3 is 0 Å². The Morgan fingerprint density at radius 2 is 2.05 bits per heavy atom. The number of amides is 1. The van der Waals surface area contributed by atoms with Gasteiger partial charge in [0.05, 0.1) is 6.10 Å². The number of hydrogen-bond acceptors (Lipinski definition) is 3. The third-order valence-corrected chi connectivity index (χ3v) is 3.96. The molecular formula is C17H23NO3. The quantitative estimate of drug-likeness (QED) is 0.819. The Balaban J connectivity index is 1.74. The lowest BCUT2D eigenvalue weighted by Gasteiger charge is -2.10. The molecule has 1 heterocycles. The molecule has 1 atom stereocenters. The van der Waals surface area contributed by atoms with E-state index in [9.17, 15) is 9.59 Å². The molecule has 0 radical (unpaired) electrons. The highest BCUT2D eigenvalue weighted by atomic mass is 16.5. The van der Waals surface area contributed by atoms with E-state index in [1.807, 2.05) is 32.0 Å². The minimum absolute atomic E-state index is 0.0189. The summed E-state index contributed by atoms with van der Waals surface area (Å²) in [7, 11) is 0. The van der Waals surface area contributed by atoms with Crippen LogP contribution in [-0.2, 0) is 9.53 Å². The summed E-state index contributed by atoms with van der Waals surface area (Å²) in [6, 6.07) is 5.66. The number of ether oxygens (including phenoxy) is 1. The first kappa shape index (κ1) is 15.7. The second-order valence-electron chi connectivity index (χ2n) is 5.66. The number of nitrogens with one attached hydrogen (secondary N) is 1. The number of ketones is 1. The first-order valence-electron chi connectivity index (χ1n) is 7.55. The van der Waals surface area contributed by atoms with Crippen molar-refractivity contribution in [2.45, 2.75) is 45.6 Å². The fraction of sp³-hybridized carbons (Fsp3) is 0.529. The zero-order chi connectivity index (χ0) is 15.2. The van der Waals surface area contributed by atoms with Crippen molar-refractivity contribution in [3.8, 4) is 0 Å². The van der Waals surface area contributed by atoms with E-state index in [1.165, 1.54) is 5.56 Å². The first-order chi connectivity index (χ1) is 10.1. The van der Waals surface area contributed by atoms with Gasteiger partial charge in [0.15, 0.2) is 5.78 Å². The van der Waals surface area contributed by atoms with Crippen molar-refractivity contribution in [3.05, 3.63) is 34.9 Å². The maximum atomic E-state index is 12.1. The Bertz CT molecular complexity index is 519. The fourth-order valence-electron chi connectivity index (χ4n) is 2.41. The first-order valence-corrected chi connectivity index (χ1v) is 7.55. The van der Waals surface area contributed by atoms with E-state index in [0.29, 0.717) is 12.1 Å². The van der Waals surface area contributed by atoms with Crippen molar-refractivity contribution < 1.29 is 14.3 Å². The minimum atomic E-state index is -0.0808. The molecule has 0 saturated carbocycles. The van der Waals surface area contributed by atoms with E-state index in [1.54, 1.807) is 0 Å². The molecule has 4 nitrogen and oxygen atoms in total. The summed E-state index contributed by atoms with van der Waals surface area (Å²) in [5.41, 5.74) is 2.95. The van der Waals surface area contributed by atoms with E-state index >= 15 is 0 Å². The Hall–Kier alpha value is -1.68. The lowest BCUT2D eigenvalue weighted by molar-refractivity contribution is -0.121. The predicted octanol–water partition coefficient (Wildman–Crippen LogP) is 2.56. The Labute approximate surface area is 125 Å². The number of aryl methyl sites for hydroxylation is 2. The molecule has 0 spiro atoms. The zero-order valence-corrected chi connectivity index (χ0v) is 12.8. The van der Waals surface area contributed by atoms with Crippen LogP contribution in [0.5, 0.6) is 0 Å². The molecular weight excluding hydrogens is 266 g/mol. The number of Topliss-reactive ketones (excluding diaryl/α,β-unsaturated/α-hetero) is 1. The summed E-state index contributed by atoms with van der Waals surface area (Å²) in [6.07, 6.45) is 2.69. The molecule has 114 valence electrons. The van der Waals surface area contributed by atoms with Gasteiger partial charge in [-0.2, -0.15) is 0 Å². The number of carbonyl (C=O) groups excluding carboxylic acids is 2. The highest BCUT2D eigenvalue weighted by molar-refractivity contribution is 5.98. The predicted molar refractivity (Wildman–Crippen MR) is 81.5 cm³/mol. The molecule has 2 rings (SSSR count). The van der Waals surface area contributed by atoms with Crippen molar-refractivity contribution in [2.24, 2.45) is 0 Å². The molecule has 1 saturated heterocycles. The maximum absolute atomic E-state index is 12.1. The largest absolute Gasteiger partial charge is 0.376 e. The number of carbonyl (C=O) groups is 2. The van der Waals surface area contributed by atoms with E-state index in [0.717, 1.165) is 25.0 Å². The topological polar surface area (TPSA) is 55.4 Å². The highest BCUT2D eigenvalue weighted by Crippen LogP contribution is 2.13. The summed E-state index contributed by atoms with van der Waals surface area (Å²) < 4.78 is 5.44. The smallest absolute Gasteiger partial charge is 0.220 e. The standard InChI is InChI=1S/C17H23NO3/c1-12-5-6-14(10-13(12)2)16(19)7-8-17(20)18-11-15-4-3-9-21-15/h5-6,10,15H,3-4,7-9,11H2,1-2H3,(H,18,20). The van der Waals surface area contributed by atoms with Crippen LogP contribution in [0.2, 0.25) is 0 Å². The molecule has 0 aliphatic carbocycles. The van der Waals surface area contributed by atoms with E-state index in [-0.39, 0.29) is 30.6 Å². The third-order valence-electron chi connectivity index (χ3n) is 3.96. The monoisotopic (exact) mass is 289 g/mol. The molecule has 0 bridgehead atoms. The fourth-order valence-corrected chi connectivity index (χ4v) is 2.41. The van der Waals surface area contributed by atoms with Crippen LogP contribution < -0.4 is 5.32 Å². The minimum Gasteiger partial charge on any atom is -0.376 e. The maximum Gasteiger partial charge on any atom is 0.220 e. The molecule has 1 unspecified atom stereocenters. The van der Waals surface area contributed by atoms with E-state index < -0.39 is 0 Å². The summed E-state index contributed by atoms with van der Waals surface area (Å²) in [4.78, 5) is 23.8. The van der Waals surface area contributed by atoms with Crippen LogP contribution in [0.4, 0.5) is 0 Å². The van der Waals surface area contributed by atoms with Gasteiger partial charge in [-0.15, -0.1) is 0 Å². The van der Waals surface area contributed by atoms with Crippen molar-refractivity contribution >= 4 is 11.7 Å².